The highest BCUT2D eigenvalue weighted by molar-refractivity contribution is 5.99. The van der Waals surface area contributed by atoms with Crippen LogP contribution in [0.4, 0.5) is 0 Å². The van der Waals surface area contributed by atoms with Crippen molar-refractivity contribution in [3.05, 3.63) is 36.0 Å². The molecule has 0 aliphatic carbocycles. The second-order valence-corrected chi connectivity index (χ2v) is 16.8. The maximum absolute atomic E-state index is 14.4. The second-order valence-electron chi connectivity index (χ2n) is 16.8. The van der Waals surface area contributed by atoms with Gasteiger partial charge in [0, 0.05) is 30.1 Å². The van der Waals surface area contributed by atoms with Crippen molar-refractivity contribution in [1.82, 2.24) is 47.1 Å². The lowest BCUT2D eigenvalue weighted by molar-refractivity contribution is -0.142. The van der Waals surface area contributed by atoms with Crippen LogP contribution in [0, 0.1) is 17.8 Å². The van der Waals surface area contributed by atoms with E-state index < -0.39 is 96.1 Å². The average Bonchev–Trinajstić information content (AvgIpc) is 3.84. The molecule has 17 heteroatoms. The predicted octanol–water partition coefficient (Wildman–Crippen LogP) is 0.918. The monoisotopic (exact) mass is 821 g/mol. The quantitative estimate of drug-likeness (QED) is 0.190. The van der Waals surface area contributed by atoms with Crippen molar-refractivity contribution in [3.63, 3.8) is 0 Å². The minimum absolute atomic E-state index is 0.0287. The smallest absolute Gasteiger partial charge is 0.245 e. The zero-order valence-corrected chi connectivity index (χ0v) is 35.5. The summed E-state index contributed by atoms with van der Waals surface area (Å²) in [5.74, 6) is -5.39. The number of carbonyl (C=O) groups excluding carboxylic acids is 8. The number of rotatable bonds is 8. The maximum Gasteiger partial charge on any atom is 0.245 e. The molecule has 59 heavy (non-hydrogen) atoms. The van der Waals surface area contributed by atoms with Gasteiger partial charge in [-0.2, -0.15) is 0 Å². The highest BCUT2D eigenvalue weighted by atomic mass is 16.2. The average molecular weight is 822 g/mol. The largest absolute Gasteiger partial charge is 0.361 e. The molecule has 2 aliphatic heterocycles. The van der Waals surface area contributed by atoms with E-state index in [1.165, 1.54) is 18.7 Å². The Hall–Kier alpha value is -5.48. The molecule has 0 radical (unpaired) electrons. The molecule has 324 valence electrons. The van der Waals surface area contributed by atoms with Crippen molar-refractivity contribution in [2.24, 2.45) is 17.8 Å². The Kier molecular flexibility index (Phi) is 16.4. The Morgan fingerprint density at radius 1 is 0.678 bits per heavy atom. The Balaban J connectivity index is 1.73. The van der Waals surface area contributed by atoms with E-state index in [0.717, 1.165) is 16.5 Å². The van der Waals surface area contributed by atoms with Gasteiger partial charge in [-0.1, -0.05) is 66.2 Å². The minimum atomic E-state index is -1.18. The number of fused-ring (bicyclic) bond motifs is 2. The molecule has 1 aromatic heterocycles. The predicted molar refractivity (Wildman–Crippen MR) is 221 cm³/mol. The standard InChI is InChI=1S/C42H63N9O8/c1-9-24(6)35-41(58)46-26(8)37(54)45-25(7)36(53)44-21-34(52)47-32(18-23(4)5)42(59)51-16-12-15-33(51)40(57)49-31(19-27-20-43-29-14-11-10-13-28(27)29)38(55)48-30(17-22(2)3)39(56)50-35/h10-11,13-14,20,22-26,30-33,35,43H,9,12,15-19,21H2,1-8H3,(H,44,53)(H,45,54)(H,46,58)(H,47,52)(H,48,55)(H,49,57)(H,50,56). The number of nitrogens with zero attached hydrogens (tertiary/aromatic N) is 1. The Morgan fingerprint density at radius 3 is 1.97 bits per heavy atom. The summed E-state index contributed by atoms with van der Waals surface area (Å²) in [6.07, 6.45) is 3.57. The van der Waals surface area contributed by atoms with Gasteiger partial charge < -0.3 is 47.1 Å². The summed E-state index contributed by atoms with van der Waals surface area (Å²) in [6, 6.07) is -0.0404. The zero-order valence-electron chi connectivity index (χ0n) is 35.5. The minimum Gasteiger partial charge on any atom is -0.361 e. The second kappa shape index (κ2) is 21.0. The van der Waals surface area contributed by atoms with E-state index in [4.69, 9.17) is 0 Å². The van der Waals surface area contributed by atoms with Gasteiger partial charge in [0.15, 0.2) is 0 Å². The van der Waals surface area contributed by atoms with Gasteiger partial charge in [-0.3, -0.25) is 38.4 Å². The van der Waals surface area contributed by atoms with E-state index in [-0.39, 0.29) is 43.6 Å². The van der Waals surface area contributed by atoms with Gasteiger partial charge in [0.1, 0.15) is 42.3 Å². The van der Waals surface area contributed by atoms with Crippen molar-refractivity contribution >= 4 is 58.2 Å². The molecular weight excluding hydrogens is 759 g/mol. The first-order chi connectivity index (χ1) is 27.9. The molecule has 17 nitrogen and oxygen atoms in total. The SMILES string of the molecule is CCC(C)C1NC(=O)C(CC(C)C)NC(=O)C(Cc2c[nH]c3ccccc23)NC(=O)C2CCCN2C(=O)C(CC(C)C)NC(=O)CNC(=O)C(C)NC(=O)C(C)NC1=O. The molecule has 2 aliphatic rings. The Labute approximate surface area is 346 Å². The van der Waals surface area contributed by atoms with Crippen molar-refractivity contribution in [2.75, 3.05) is 13.1 Å². The van der Waals surface area contributed by atoms with E-state index in [2.05, 4.69) is 42.2 Å². The lowest BCUT2D eigenvalue weighted by Crippen LogP contribution is -2.61. The number of aromatic amines is 1. The van der Waals surface area contributed by atoms with Crippen LogP contribution >= 0.6 is 0 Å². The van der Waals surface area contributed by atoms with E-state index in [1.54, 1.807) is 13.1 Å². The van der Waals surface area contributed by atoms with Crippen molar-refractivity contribution in [2.45, 2.75) is 136 Å². The summed E-state index contributed by atoms with van der Waals surface area (Å²) in [4.78, 5) is 114. The van der Waals surface area contributed by atoms with Crippen LogP contribution in [-0.2, 0) is 44.8 Å². The van der Waals surface area contributed by atoms with Gasteiger partial charge in [0.25, 0.3) is 0 Å². The Morgan fingerprint density at radius 2 is 1.29 bits per heavy atom. The first kappa shape index (κ1) is 46.2. The molecule has 2 fully saturated rings. The first-order valence-electron chi connectivity index (χ1n) is 20.8. The van der Waals surface area contributed by atoms with Gasteiger partial charge in [-0.05, 0) is 68.9 Å². The molecule has 2 aromatic rings. The molecule has 0 spiro atoms. The maximum atomic E-state index is 14.4. The normalized spacial score (nSPS) is 26.9. The van der Waals surface area contributed by atoms with Crippen LogP contribution in [0.3, 0.4) is 0 Å². The summed E-state index contributed by atoms with van der Waals surface area (Å²) in [6.45, 7) is 13.8. The third kappa shape index (κ3) is 12.5. The van der Waals surface area contributed by atoms with Crippen LogP contribution in [0.25, 0.3) is 10.9 Å². The number of nitrogens with one attached hydrogen (secondary N) is 8. The van der Waals surface area contributed by atoms with Gasteiger partial charge >= 0.3 is 0 Å². The fourth-order valence-electron chi connectivity index (χ4n) is 7.46. The number of para-hydroxylation sites is 1. The van der Waals surface area contributed by atoms with E-state index >= 15 is 0 Å². The highest BCUT2D eigenvalue weighted by Crippen LogP contribution is 2.23. The fraction of sp³-hybridized carbons (Fsp3) is 0.619. The van der Waals surface area contributed by atoms with Crippen LogP contribution in [-0.4, -0.2) is 113 Å². The molecule has 8 atom stereocenters. The molecule has 8 amide bonds. The fourth-order valence-corrected chi connectivity index (χ4v) is 7.46. The number of hydrogen-bond acceptors (Lipinski definition) is 8. The number of H-pyrrole nitrogens is 1. The summed E-state index contributed by atoms with van der Waals surface area (Å²) in [5, 5.41) is 19.8. The van der Waals surface area contributed by atoms with Crippen molar-refractivity contribution in [1.29, 1.82) is 0 Å². The van der Waals surface area contributed by atoms with Gasteiger partial charge in [-0.25, -0.2) is 0 Å². The molecule has 3 heterocycles. The summed E-state index contributed by atoms with van der Waals surface area (Å²) < 4.78 is 0. The molecule has 1 aromatic carbocycles. The highest BCUT2D eigenvalue weighted by Gasteiger charge is 2.40. The third-order valence-corrected chi connectivity index (χ3v) is 11.0. The lowest BCUT2D eigenvalue weighted by atomic mass is 9.96. The molecule has 8 N–H and O–H groups in total. The van der Waals surface area contributed by atoms with Crippen LogP contribution in [0.1, 0.15) is 93.1 Å². The van der Waals surface area contributed by atoms with E-state index in [1.807, 2.05) is 58.9 Å². The molecule has 2 saturated heterocycles. The van der Waals surface area contributed by atoms with Crippen molar-refractivity contribution in [3.8, 4) is 0 Å². The van der Waals surface area contributed by atoms with E-state index in [0.29, 0.717) is 19.3 Å². The molecular formula is C42H63N9O8. The summed E-state index contributed by atoms with van der Waals surface area (Å²) >= 11 is 0. The number of amides is 8. The molecule has 8 unspecified atom stereocenters. The van der Waals surface area contributed by atoms with Gasteiger partial charge in [-0.15, -0.1) is 0 Å². The lowest BCUT2D eigenvalue weighted by Gasteiger charge is -2.31. The first-order valence-corrected chi connectivity index (χ1v) is 20.8. The number of benzene rings is 1. The molecule has 0 bridgehead atoms. The van der Waals surface area contributed by atoms with Crippen LogP contribution in [0.5, 0.6) is 0 Å². The molecule has 4 rings (SSSR count). The van der Waals surface area contributed by atoms with Crippen LogP contribution < -0.4 is 37.2 Å². The van der Waals surface area contributed by atoms with E-state index in [9.17, 15) is 38.4 Å². The third-order valence-electron chi connectivity index (χ3n) is 11.0. The number of aromatic nitrogens is 1. The van der Waals surface area contributed by atoms with Gasteiger partial charge in [0.05, 0.1) is 6.54 Å². The van der Waals surface area contributed by atoms with Gasteiger partial charge in [0.2, 0.25) is 47.3 Å². The number of hydrogen-bond donors (Lipinski definition) is 8. The Bertz CT molecular complexity index is 1860. The van der Waals surface area contributed by atoms with Crippen LogP contribution in [0.15, 0.2) is 30.5 Å². The van der Waals surface area contributed by atoms with Crippen LogP contribution in [0.2, 0.25) is 0 Å². The van der Waals surface area contributed by atoms with Crippen molar-refractivity contribution < 1.29 is 38.4 Å². The number of carbonyl (C=O) groups is 8. The zero-order chi connectivity index (χ0) is 43.6. The molecule has 0 saturated carbocycles. The summed E-state index contributed by atoms with van der Waals surface area (Å²) in [7, 11) is 0. The topological polar surface area (TPSA) is 240 Å². The summed E-state index contributed by atoms with van der Waals surface area (Å²) in [5.41, 5.74) is 1.57.